The Morgan fingerprint density at radius 2 is 1.83 bits per heavy atom. The third-order valence-electron chi connectivity index (χ3n) is 4.65. The summed E-state index contributed by atoms with van der Waals surface area (Å²) >= 11 is 6.23. The fourth-order valence-electron chi connectivity index (χ4n) is 3.21. The molecule has 0 saturated heterocycles. The molecule has 0 saturated carbocycles. The summed E-state index contributed by atoms with van der Waals surface area (Å²) < 4.78 is 12.1. The van der Waals surface area contributed by atoms with Crippen LogP contribution in [0.4, 0.5) is 0 Å². The third-order valence-corrected chi connectivity index (χ3v) is 4.89. The molecule has 0 radical (unpaired) electrons. The number of H-pyrrole nitrogens is 1. The number of aromatic nitrogens is 4. The minimum atomic E-state index is 0.484. The lowest BCUT2D eigenvalue weighted by Crippen LogP contribution is -1.99. The number of nitrogens with zero attached hydrogens (tertiary/aromatic N) is 3. The second-order valence-corrected chi connectivity index (χ2v) is 7.22. The molecule has 3 aromatic heterocycles. The number of aromatic amines is 1. The zero-order valence-corrected chi connectivity index (χ0v) is 16.6. The quantitative estimate of drug-likeness (QED) is 0.399. The van der Waals surface area contributed by atoms with Crippen molar-refractivity contribution < 1.29 is 9.15 Å². The van der Waals surface area contributed by atoms with E-state index in [9.17, 15) is 0 Å². The third kappa shape index (κ3) is 3.90. The molecule has 30 heavy (non-hydrogen) atoms. The predicted molar refractivity (Wildman–Crippen MR) is 114 cm³/mol. The van der Waals surface area contributed by atoms with Crippen molar-refractivity contribution in [2.45, 2.75) is 13.0 Å². The Labute approximate surface area is 177 Å². The second-order valence-electron chi connectivity index (χ2n) is 6.78. The number of halogens is 1. The smallest absolute Gasteiger partial charge is 0.197 e. The van der Waals surface area contributed by atoms with Crippen LogP contribution >= 0.6 is 11.6 Å². The van der Waals surface area contributed by atoms with Gasteiger partial charge in [-0.25, -0.2) is 15.0 Å². The molecule has 5 rings (SSSR count). The van der Waals surface area contributed by atoms with Gasteiger partial charge in [-0.3, -0.25) is 0 Å². The fraction of sp³-hybridized carbons (Fsp3) is 0.0870. The van der Waals surface area contributed by atoms with Crippen LogP contribution in [0, 0.1) is 0 Å². The average molecular weight is 417 g/mol. The van der Waals surface area contributed by atoms with Crippen molar-refractivity contribution >= 4 is 22.9 Å². The minimum absolute atomic E-state index is 0.484. The summed E-state index contributed by atoms with van der Waals surface area (Å²) in [5.74, 6) is 2.77. The van der Waals surface area contributed by atoms with Crippen molar-refractivity contribution in [3.63, 3.8) is 0 Å². The first-order valence-electron chi connectivity index (χ1n) is 9.45. The van der Waals surface area contributed by atoms with Crippen LogP contribution in [-0.2, 0) is 13.0 Å². The molecule has 0 spiro atoms. The number of ether oxygens (including phenoxy) is 1. The SMILES string of the molecule is Clc1ccc(OCc2ccccc2)c(Cc2ccc(-c3nc4nccnc4[nH]3)o2)c1. The number of imidazole rings is 1. The van der Waals surface area contributed by atoms with E-state index in [1.165, 1.54) is 0 Å². The summed E-state index contributed by atoms with van der Waals surface area (Å²) in [4.78, 5) is 16.0. The Morgan fingerprint density at radius 1 is 0.967 bits per heavy atom. The highest BCUT2D eigenvalue weighted by molar-refractivity contribution is 6.30. The van der Waals surface area contributed by atoms with Gasteiger partial charge in [0.15, 0.2) is 22.9 Å². The van der Waals surface area contributed by atoms with Crippen molar-refractivity contribution in [3.05, 3.63) is 95.0 Å². The molecule has 0 aliphatic rings. The Balaban J connectivity index is 1.37. The van der Waals surface area contributed by atoms with E-state index in [1.54, 1.807) is 12.4 Å². The van der Waals surface area contributed by atoms with E-state index in [-0.39, 0.29) is 0 Å². The highest BCUT2D eigenvalue weighted by atomic mass is 35.5. The number of rotatable bonds is 6. The first-order valence-corrected chi connectivity index (χ1v) is 9.83. The summed E-state index contributed by atoms with van der Waals surface area (Å²) in [6, 6.07) is 19.5. The Hall–Kier alpha value is -3.64. The molecular formula is C23H17ClN4O2. The van der Waals surface area contributed by atoms with Gasteiger partial charge in [0.1, 0.15) is 18.1 Å². The first kappa shape index (κ1) is 18.4. The topological polar surface area (TPSA) is 76.8 Å². The Morgan fingerprint density at radius 3 is 2.70 bits per heavy atom. The van der Waals surface area contributed by atoms with Crippen molar-refractivity contribution in [2.75, 3.05) is 0 Å². The van der Waals surface area contributed by atoms with E-state index in [2.05, 4.69) is 19.9 Å². The van der Waals surface area contributed by atoms with Gasteiger partial charge in [-0.15, -0.1) is 0 Å². The molecule has 148 valence electrons. The van der Waals surface area contributed by atoms with Crippen LogP contribution in [0.15, 0.2) is 77.5 Å². The lowest BCUT2D eigenvalue weighted by atomic mass is 10.1. The van der Waals surface area contributed by atoms with E-state index in [0.29, 0.717) is 40.9 Å². The number of hydrogen-bond donors (Lipinski definition) is 1. The zero-order chi connectivity index (χ0) is 20.3. The number of furan rings is 1. The maximum absolute atomic E-state index is 6.23. The summed E-state index contributed by atoms with van der Waals surface area (Å²) in [5.41, 5.74) is 3.23. The number of fused-ring (bicyclic) bond motifs is 1. The standard InChI is InChI=1S/C23H17ClN4O2/c24-17-6-8-19(29-14-15-4-2-1-3-5-15)16(12-17)13-18-7-9-20(30-18)21-27-22-23(28-21)26-11-10-25-22/h1-12H,13-14H2,(H,25,26,27,28). The number of nitrogens with one attached hydrogen (secondary N) is 1. The van der Waals surface area contributed by atoms with Gasteiger partial charge in [0.2, 0.25) is 0 Å². The molecule has 2 aromatic carbocycles. The molecule has 6 nitrogen and oxygen atoms in total. The second kappa shape index (κ2) is 8.00. The first-order chi connectivity index (χ1) is 14.7. The van der Waals surface area contributed by atoms with Gasteiger partial charge >= 0.3 is 0 Å². The molecular weight excluding hydrogens is 400 g/mol. The molecule has 0 aliphatic heterocycles. The number of benzene rings is 2. The maximum Gasteiger partial charge on any atom is 0.197 e. The molecule has 0 bridgehead atoms. The molecule has 0 atom stereocenters. The van der Waals surface area contributed by atoms with Crippen LogP contribution in [0.3, 0.4) is 0 Å². The van der Waals surface area contributed by atoms with E-state index >= 15 is 0 Å². The normalized spacial score (nSPS) is 11.1. The van der Waals surface area contributed by atoms with Gasteiger partial charge < -0.3 is 14.1 Å². The van der Waals surface area contributed by atoms with Crippen LogP contribution in [0.5, 0.6) is 5.75 Å². The minimum Gasteiger partial charge on any atom is -0.489 e. The van der Waals surface area contributed by atoms with Gasteiger partial charge in [-0.05, 0) is 35.9 Å². The van der Waals surface area contributed by atoms with Crippen LogP contribution in [0.25, 0.3) is 22.9 Å². The van der Waals surface area contributed by atoms with Gasteiger partial charge in [0.05, 0.1) is 0 Å². The maximum atomic E-state index is 6.23. The van der Waals surface area contributed by atoms with Crippen LogP contribution in [0.1, 0.15) is 16.9 Å². The van der Waals surface area contributed by atoms with Gasteiger partial charge in [0.25, 0.3) is 0 Å². The van der Waals surface area contributed by atoms with Crippen LogP contribution in [0.2, 0.25) is 5.02 Å². The summed E-state index contributed by atoms with van der Waals surface area (Å²) in [6.45, 7) is 0.484. The molecule has 0 unspecified atom stereocenters. The van der Waals surface area contributed by atoms with Crippen LogP contribution < -0.4 is 4.74 Å². The predicted octanol–water partition coefficient (Wildman–Crippen LogP) is 5.44. The molecule has 0 fully saturated rings. The lowest BCUT2D eigenvalue weighted by Gasteiger charge is -2.11. The van der Waals surface area contributed by atoms with E-state index in [0.717, 1.165) is 22.6 Å². The van der Waals surface area contributed by atoms with Crippen molar-refractivity contribution in [1.82, 2.24) is 19.9 Å². The molecule has 3 heterocycles. The monoisotopic (exact) mass is 416 g/mol. The summed E-state index contributed by atoms with van der Waals surface area (Å²) in [6.07, 6.45) is 3.77. The van der Waals surface area contributed by atoms with Crippen LogP contribution in [-0.4, -0.2) is 19.9 Å². The lowest BCUT2D eigenvalue weighted by molar-refractivity contribution is 0.303. The van der Waals surface area contributed by atoms with E-state index in [4.69, 9.17) is 20.8 Å². The van der Waals surface area contributed by atoms with Gasteiger partial charge in [-0.2, -0.15) is 0 Å². The highest BCUT2D eigenvalue weighted by Crippen LogP contribution is 2.28. The molecule has 7 heteroatoms. The Kier molecular flexibility index (Phi) is 4.91. The molecule has 1 N–H and O–H groups in total. The molecule has 0 aliphatic carbocycles. The zero-order valence-electron chi connectivity index (χ0n) is 15.9. The summed E-state index contributed by atoms with van der Waals surface area (Å²) in [7, 11) is 0. The van der Waals surface area contributed by atoms with Crippen molar-refractivity contribution in [2.24, 2.45) is 0 Å². The molecule has 5 aromatic rings. The van der Waals surface area contributed by atoms with E-state index in [1.807, 2.05) is 60.7 Å². The summed E-state index contributed by atoms with van der Waals surface area (Å²) in [5, 5.41) is 0.651. The van der Waals surface area contributed by atoms with Crippen molar-refractivity contribution in [1.29, 1.82) is 0 Å². The fourth-order valence-corrected chi connectivity index (χ4v) is 3.41. The molecule has 0 amide bonds. The van der Waals surface area contributed by atoms with Crippen molar-refractivity contribution in [3.8, 4) is 17.3 Å². The van der Waals surface area contributed by atoms with Gasteiger partial charge in [0, 0.05) is 29.4 Å². The Bertz CT molecular complexity index is 1260. The van der Waals surface area contributed by atoms with Gasteiger partial charge in [-0.1, -0.05) is 41.9 Å². The average Bonchev–Trinajstić information content (AvgIpc) is 3.41. The largest absolute Gasteiger partial charge is 0.489 e. The van der Waals surface area contributed by atoms with E-state index < -0.39 is 0 Å². The highest BCUT2D eigenvalue weighted by Gasteiger charge is 2.13. The number of hydrogen-bond acceptors (Lipinski definition) is 5.